The lowest BCUT2D eigenvalue weighted by atomic mass is 10.1. The van der Waals surface area contributed by atoms with Crippen LogP contribution in [-0.4, -0.2) is 10.1 Å². The summed E-state index contributed by atoms with van der Waals surface area (Å²) in [5, 5.41) is 3.85. The molecule has 0 aliphatic rings. The van der Waals surface area contributed by atoms with Crippen LogP contribution in [0.5, 0.6) is 0 Å². The van der Waals surface area contributed by atoms with Gasteiger partial charge >= 0.3 is 0 Å². The van der Waals surface area contributed by atoms with E-state index in [0.29, 0.717) is 17.3 Å². The number of hydrogen-bond donors (Lipinski definition) is 0. The normalized spacial score (nSPS) is 12.7. The highest BCUT2D eigenvalue weighted by molar-refractivity contribution is 9.09. The maximum absolute atomic E-state index is 13.2. The monoisotopic (exact) mass is 298 g/mol. The molecule has 17 heavy (non-hydrogen) atoms. The zero-order chi connectivity index (χ0) is 12.4. The molecule has 0 aliphatic carbocycles. The molecule has 1 aromatic carbocycles. The molecule has 0 amide bonds. The minimum absolute atomic E-state index is 0.0402. The first-order valence-electron chi connectivity index (χ1n) is 5.35. The molecule has 90 valence electrons. The van der Waals surface area contributed by atoms with Gasteiger partial charge in [-0.25, -0.2) is 4.39 Å². The van der Waals surface area contributed by atoms with Crippen LogP contribution in [0.4, 0.5) is 4.39 Å². The Balaban J connectivity index is 2.36. The van der Waals surface area contributed by atoms with Crippen molar-refractivity contribution in [2.45, 2.75) is 25.1 Å². The van der Waals surface area contributed by atoms with E-state index < -0.39 is 0 Å². The molecule has 0 saturated heterocycles. The summed E-state index contributed by atoms with van der Waals surface area (Å²) < 4.78 is 18.4. The van der Waals surface area contributed by atoms with E-state index in [1.165, 1.54) is 12.1 Å². The van der Waals surface area contributed by atoms with Crippen molar-refractivity contribution in [3.63, 3.8) is 0 Å². The average Bonchev–Trinajstić information content (AvgIpc) is 2.76. The van der Waals surface area contributed by atoms with Gasteiger partial charge < -0.3 is 4.52 Å². The minimum atomic E-state index is -0.294. The van der Waals surface area contributed by atoms with E-state index in [-0.39, 0.29) is 10.6 Å². The molecule has 2 rings (SSSR count). The lowest BCUT2D eigenvalue weighted by molar-refractivity contribution is 0.377. The third-order valence-corrected chi connectivity index (χ3v) is 3.41. The Bertz CT molecular complexity index is 507. The van der Waals surface area contributed by atoms with Gasteiger partial charge in [-0.15, -0.1) is 0 Å². The number of aryl methyl sites for hydroxylation is 1. The van der Waals surface area contributed by atoms with Crippen molar-refractivity contribution < 1.29 is 8.91 Å². The molecule has 5 heteroatoms. The fraction of sp³-hybridized carbons (Fsp3) is 0.333. The first-order valence-corrected chi connectivity index (χ1v) is 6.27. The number of rotatable bonds is 3. The highest BCUT2D eigenvalue weighted by Crippen LogP contribution is 2.27. The summed E-state index contributed by atoms with van der Waals surface area (Å²) in [5.41, 5.74) is 1.46. The molecule has 1 atom stereocenters. The summed E-state index contributed by atoms with van der Waals surface area (Å²) in [5.74, 6) is 0.641. The number of alkyl halides is 1. The van der Waals surface area contributed by atoms with E-state index in [1.807, 2.05) is 19.9 Å². The molecule has 0 saturated carbocycles. The van der Waals surface area contributed by atoms with E-state index in [1.54, 1.807) is 0 Å². The minimum Gasteiger partial charge on any atom is -0.338 e. The third kappa shape index (κ3) is 2.72. The fourth-order valence-corrected chi connectivity index (χ4v) is 1.71. The Hall–Kier alpha value is -1.23. The second kappa shape index (κ2) is 4.96. The number of benzene rings is 1. The number of aromatic nitrogens is 2. The molecule has 0 aliphatic heterocycles. The number of hydrogen-bond acceptors (Lipinski definition) is 3. The molecule has 2 aromatic rings. The lowest BCUT2D eigenvalue weighted by Gasteiger charge is -1.98. The SMILES string of the molecule is CCC(Br)c1nc(-c2cc(C)cc(F)c2)no1. The van der Waals surface area contributed by atoms with E-state index in [9.17, 15) is 4.39 Å². The summed E-state index contributed by atoms with van der Waals surface area (Å²) in [6, 6.07) is 4.69. The summed E-state index contributed by atoms with van der Waals surface area (Å²) in [6.45, 7) is 3.84. The van der Waals surface area contributed by atoms with Crippen LogP contribution in [0.3, 0.4) is 0 Å². The molecule has 1 unspecified atom stereocenters. The molecule has 0 spiro atoms. The highest BCUT2D eigenvalue weighted by Gasteiger charge is 2.15. The van der Waals surface area contributed by atoms with Crippen LogP contribution in [0.2, 0.25) is 0 Å². The first-order chi connectivity index (χ1) is 8.10. The van der Waals surface area contributed by atoms with Gasteiger partial charge in [0.2, 0.25) is 11.7 Å². The second-order valence-electron chi connectivity index (χ2n) is 3.85. The van der Waals surface area contributed by atoms with Gasteiger partial charge in [0.15, 0.2) is 0 Å². The maximum Gasteiger partial charge on any atom is 0.240 e. The van der Waals surface area contributed by atoms with Gasteiger partial charge in [0.25, 0.3) is 0 Å². The van der Waals surface area contributed by atoms with Crippen molar-refractivity contribution in [2.75, 3.05) is 0 Å². The Labute approximate surface area is 107 Å². The quantitative estimate of drug-likeness (QED) is 0.803. The topological polar surface area (TPSA) is 38.9 Å². The van der Waals surface area contributed by atoms with Gasteiger partial charge in [-0.05, 0) is 37.1 Å². The van der Waals surface area contributed by atoms with Crippen molar-refractivity contribution in [1.29, 1.82) is 0 Å². The van der Waals surface area contributed by atoms with E-state index in [2.05, 4.69) is 26.1 Å². The van der Waals surface area contributed by atoms with Crippen LogP contribution in [0.25, 0.3) is 11.4 Å². The van der Waals surface area contributed by atoms with Crippen molar-refractivity contribution in [3.05, 3.63) is 35.5 Å². The van der Waals surface area contributed by atoms with Crippen LogP contribution < -0.4 is 0 Å². The fourth-order valence-electron chi connectivity index (χ4n) is 1.52. The largest absolute Gasteiger partial charge is 0.338 e. The summed E-state index contributed by atoms with van der Waals surface area (Å²) in [6.07, 6.45) is 0.851. The van der Waals surface area contributed by atoms with Gasteiger partial charge in [-0.3, -0.25) is 0 Å². The molecule has 1 heterocycles. The molecular formula is C12H12BrFN2O. The molecule has 3 nitrogen and oxygen atoms in total. The zero-order valence-corrected chi connectivity index (χ0v) is 11.2. The van der Waals surface area contributed by atoms with Crippen molar-refractivity contribution in [3.8, 4) is 11.4 Å². The van der Waals surface area contributed by atoms with Crippen LogP contribution in [0, 0.1) is 12.7 Å². The summed E-state index contributed by atoms with van der Waals surface area (Å²) >= 11 is 3.43. The second-order valence-corrected chi connectivity index (χ2v) is 4.95. The Morgan fingerprint density at radius 1 is 1.41 bits per heavy atom. The predicted molar refractivity (Wildman–Crippen MR) is 66.4 cm³/mol. The van der Waals surface area contributed by atoms with Crippen LogP contribution in [0.15, 0.2) is 22.7 Å². The standard InChI is InChI=1S/C12H12BrFN2O/c1-3-10(13)12-15-11(16-17-12)8-4-7(2)5-9(14)6-8/h4-6,10H,3H2,1-2H3. The Morgan fingerprint density at radius 3 is 2.82 bits per heavy atom. The number of nitrogens with zero attached hydrogens (tertiary/aromatic N) is 2. The van der Waals surface area contributed by atoms with Gasteiger partial charge in [-0.2, -0.15) is 4.98 Å². The molecule has 0 radical (unpaired) electrons. The van der Waals surface area contributed by atoms with E-state index in [4.69, 9.17) is 4.52 Å². The Morgan fingerprint density at radius 2 is 2.18 bits per heavy atom. The molecule has 0 N–H and O–H groups in total. The van der Waals surface area contributed by atoms with E-state index in [0.717, 1.165) is 12.0 Å². The molecule has 1 aromatic heterocycles. The van der Waals surface area contributed by atoms with Crippen LogP contribution >= 0.6 is 15.9 Å². The van der Waals surface area contributed by atoms with Crippen molar-refractivity contribution in [2.24, 2.45) is 0 Å². The summed E-state index contributed by atoms with van der Waals surface area (Å²) in [7, 11) is 0. The zero-order valence-electron chi connectivity index (χ0n) is 9.58. The predicted octanol–water partition coefficient (Wildman–Crippen LogP) is 4.03. The highest BCUT2D eigenvalue weighted by atomic mass is 79.9. The smallest absolute Gasteiger partial charge is 0.240 e. The van der Waals surface area contributed by atoms with E-state index >= 15 is 0 Å². The first kappa shape index (κ1) is 12.2. The summed E-state index contributed by atoms with van der Waals surface area (Å²) in [4.78, 5) is 4.28. The van der Waals surface area contributed by atoms with Gasteiger partial charge in [0.05, 0.1) is 4.83 Å². The van der Waals surface area contributed by atoms with Crippen molar-refractivity contribution >= 4 is 15.9 Å². The Kier molecular flexibility index (Phi) is 3.57. The lowest BCUT2D eigenvalue weighted by Crippen LogP contribution is -1.88. The van der Waals surface area contributed by atoms with Crippen LogP contribution in [-0.2, 0) is 0 Å². The number of halogens is 2. The van der Waals surface area contributed by atoms with Gasteiger partial charge in [0.1, 0.15) is 5.82 Å². The van der Waals surface area contributed by atoms with Gasteiger partial charge in [0, 0.05) is 5.56 Å². The third-order valence-electron chi connectivity index (χ3n) is 2.37. The maximum atomic E-state index is 13.2. The van der Waals surface area contributed by atoms with Crippen molar-refractivity contribution in [1.82, 2.24) is 10.1 Å². The van der Waals surface area contributed by atoms with Crippen LogP contribution in [0.1, 0.15) is 29.6 Å². The average molecular weight is 299 g/mol. The molecule has 0 fully saturated rings. The van der Waals surface area contributed by atoms with Gasteiger partial charge in [-0.1, -0.05) is 28.0 Å². The molecule has 0 bridgehead atoms. The molecular weight excluding hydrogens is 287 g/mol.